The third-order valence-corrected chi connectivity index (χ3v) is 4.92. The molecule has 1 nitrogen and oxygen atoms in total. The Morgan fingerprint density at radius 3 is 2.43 bits per heavy atom. The van der Waals surface area contributed by atoms with Crippen molar-refractivity contribution < 1.29 is 0 Å². The predicted molar refractivity (Wildman–Crippen MR) is 61.1 cm³/mol. The summed E-state index contributed by atoms with van der Waals surface area (Å²) in [5.74, 6) is 2.63. The van der Waals surface area contributed by atoms with E-state index in [0.717, 1.165) is 17.8 Å². The van der Waals surface area contributed by atoms with Crippen LogP contribution in [-0.2, 0) is 0 Å². The number of nitrogens with two attached hydrogens (primary N) is 1. The number of hydrogen-bond acceptors (Lipinski definition) is 1. The molecule has 0 spiro atoms. The molecule has 1 heteroatoms. The van der Waals surface area contributed by atoms with Crippen molar-refractivity contribution in [3.05, 3.63) is 0 Å². The molecule has 0 aromatic carbocycles. The van der Waals surface area contributed by atoms with E-state index in [4.69, 9.17) is 5.73 Å². The molecule has 0 radical (unpaired) electrons. The Labute approximate surface area is 88.4 Å². The van der Waals surface area contributed by atoms with Gasteiger partial charge in [0.2, 0.25) is 0 Å². The molecule has 2 rings (SSSR count). The van der Waals surface area contributed by atoms with Crippen LogP contribution >= 0.6 is 0 Å². The molecule has 14 heavy (non-hydrogen) atoms. The summed E-state index contributed by atoms with van der Waals surface area (Å²) in [6.07, 6.45) is 9.65. The van der Waals surface area contributed by atoms with Crippen molar-refractivity contribution in [3.63, 3.8) is 0 Å². The fourth-order valence-corrected chi connectivity index (χ4v) is 3.35. The van der Waals surface area contributed by atoms with Crippen LogP contribution in [0, 0.1) is 17.8 Å². The minimum atomic E-state index is 0.189. The van der Waals surface area contributed by atoms with Gasteiger partial charge in [-0.15, -0.1) is 0 Å². The molecule has 2 fully saturated rings. The van der Waals surface area contributed by atoms with Gasteiger partial charge >= 0.3 is 0 Å². The molecule has 3 unspecified atom stereocenters. The number of rotatable bonds is 3. The molecule has 0 heterocycles. The van der Waals surface area contributed by atoms with E-state index in [0.29, 0.717) is 0 Å². The second-order valence-electron chi connectivity index (χ2n) is 5.90. The van der Waals surface area contributed by atoms with Gasteiger partial charge in [-0.2, -0.15) is 0 Å². The standard InChI is InChI=1S/C13H25N/c1-10(12-6-3-7-12)9-13(14)8-4-5-11(13)2/h10-12H,3-9,14H2,1-2H3. The predicted octanol–water partition coefficient (Wildman–Crippen LogP) is 3.33. The van der Waals surface area contributed by atoms with Crippen LogP contribution in [0.1, 0.15) is 58.8 Å². The first kappa shape index (κ1) is 10.5. The molecule has 82 valence electrons. The second kappa shape index (κ2) is 3.84. The average Bonchev–Trinajstić information content (AvgIpc) is 2.27. The van der Waals surface area contributed by atoms with Gasteiger partial charge in [0.15, 0.2) is 0 Å². The van der Waals surface area contributed by atoms with E-state index in [1.807, 2.05) is 0 Å². The van der Waals surface area contributed by atoms with Gasteiger partial charge in [0.05, 0.1) is 0 Å². The lowest BCUT2D eigenvalue weighted by molar-refractivity contribution is 0.161. The summed E-state index contributed by atoms with van der Waals surface area (Å²) in [6.45, 7) is 4.77. The first-order chi connectivity index (χ1) is 6.62. The Bertz CT molecular complexity index is 197. The SMILES string of the molecule is CC(CC1(N)CCCC1C)C1CCC1. The third-order valence-electron chi connectivity index (χ3n) is 4.92. The first-order valence-electron chi connectivity index (χ1n) is 6.41. The third kappa shape index (κ3) is 1.84. The lowest BCUT2D eigenvalue weighted by atomic mass is 9.70. The van der Waals surface area contributed by atoms with Crippen molar-refractivity contribution >= 4 is 0 Å². The summed E-state index contributed by atoms with van der Waals surface area (Å²) in [6, 6.07) is 0. The molecule has 0 aliphatic heterocycles. The monoisotopic (exact) mass is 195 g/mol. The quantitative estimate of drug-likeness (QED) is 0.734. The molecular weight excluding hydrogens is 170 g/mol. The molecule has 0 aromatic rings. The number of hydrogen-bond donors (Lipinski definition) is 1. The molecule has 0 aromatic heterocycles. The Morgan fingerprint density at radius 1 is 1.29 bits per heavy atom. The maximum Gasteiger partial charge on any atom is 0.0182 e. The Morgan fingerprint density at radius 2 is 2.00 bits per heavy atom. The minimum absolute atomic E-state index is 0.189. The van der Waals surface area contributed by atoms with E-state index in [-0.39, 0.29) is 5.54 Å². The molecule has 2 N–H and O–H groups in total. The summed E-state index contributed by atoms with van der Waals surface area (Å²) < 4.78 is 0. The van der Waals surface area contributed by atoms with Crippen LogP contribution in [0.25, 0.3) is 0 Å². The van der Waals surface area contributed by atoms with Gasteiger partial charge in [-0.05, 0) is 37.0 Å². The summed E-state index contributed by atoms with van der Waals surface area (Å²) in [5.41, 5.74) is 6.71. The lowest BCUT2D eigenvalue weighted by Crippen LogP contribution is -2.45. The highest BCUT2D eigenvalue weighted by Crippen LogP contribution is 2.42. The summed E-state index contributed by atoms with van der Waals surface area (Å²) in [7, 11) is 0. The summed E-state index contributed by atoms with van der Waals surface area (Å²) in [4.78, 5) is 0. The van der Waals surface area contributed by atoms with E-state index in [1.54, 1.807) is 0 Å². The molecule has 2 aliphatic carbocycles. The van der Waals surface area contributed by atoms with Gasteiger partial charge in [0, 0.05) is 5.54 Å². The molecular formula is C13H25N. The topological polar surface area (TPSA) is 26.0 Å². The van der Waals surface area contributed by atoms with Crippen LogP contribution in [0.4, 0.5) is 0 Å². The Balaban J connectivity index is 1.88. The van der Waals surface area contributed by atoms with Gasteiger partial charge in [-0.25, -0.2) is 0 Å². The van der Waals surface area contributed by atoms with Crippen molar-refractivity contribution in [1.29, 1.82) is 0 Å². The van der Waals surface area contributed by atoms with E-state index in [9.17, 15) is 0 Å². The van der Waals surface area contributed by atoms with Gasteiger partial charge in [0.25, 0.3) is 0 Å². The van der Waals surface area contributed by atoms with E-state index < -0.39 is 0 Å². The molecule has 2 aliphatic rings. The van der Waals surface area contributed by atoms with Crippen LogP contribution in [0.2, 0.25) is 0 Å². The smallest absolute Gasteiger partial charge is 0.0182 e. The molecule has 2 saturated carbocycles. The van der Waals surface area contributed by atoms with Crippen molar-refractivity contribution in [2.24, 2.45) is 23.5 Å². The molecule has 0 saturated heterocycles. The zero-order chi connectivity index (χ0) is 10.2. The highest BCUT2D eigenvalue weighted by molar-refractivity contribution is 4.96. The lowest BCUT2D eigenvalue weighted by Gasteiger charge is -2.38. The maximum absolute atomic E-state index is 6.52. The summed E-state index contributed by atoms with van der Waals surface area (Å²) in [5, 5.41) is 0. The van der Waals surface area contributed by atoms with Gasteiger partial charge in [-0.3, -0.25) is 0 Å². The zero-order valence-electron chi connectivity index (χ0n) is 9.76. The van der Waals surface area contributed by atoms with Gasteiger partial charge in [-0.1, -0.05) is 39.5 Å². The first-order valence-corrected chi connectivity index (χ1v) is 6.41. The molecule has 3 atom stereocenters. The van der Waals surface area contributed by atoms with Crippen molar-refractivity contribution in [1.82, 2.24) is 0 Å². The highest BCUT2D eigenvalue weighted by Gasteiger charge is 2.39. The Hall–Kier alpha value is -0.0400. The van der Waals surface area contributed by atoms with Crippen LogP contribution in [0.15, 0.2) is 0 Å². The van der Waals surface area contributed by atoms with Crippen LogP contribution in [0.5, 0.6) is 0 Å². The van der Waals surface area contributed by atoms with Crippen molar-refractivity contribution in [3.8, 4) is 0 Å². The van der Waals surface area contributed by atoms with Gasteiger partial charge in [0.1, 0.15) is 0 Å². The molecule has 0 bridgehead atoms. The van der Waals surface area contributed by atoms with Crippen LogP contribution in [-0.4, -0.2) is 5.54 Å². The Kier molecular flexibility index (Phi) is 2.88. The summed E-state index contributed by atoms with van der Waals surface area (Å²) >= 11 is 0. The normalized spacial score (nSPS) is 40.9. The van der Waals surface area contributed by atoms with Crippen LogP contribution in [0.3, 0.4) is 0 Å². The molecule has 0 amide bonds. The van der Waals surface area contributed by atoms with E-state index in [2.05, 4.69) is 13.8 Å². The maximum atomic E-state index is 6.52. The largest absolute Gasteiger partial charge is 0.325 e. The van der Waals surface area contributed by atoms with Crippen molar-refractivity contribution in [2.45, 2.75) is 64.3 Å². The van der Waals surface area contributed by atoms with E-state index in [1.165, 1.54) is 44.9 Å². The highest BCUT2D eigenvalue weighted by atomic mass is 14.8. The van der Waals surface area contributed by atoms with Crippen molar-refractivity contribution in [2.75, 3.05) is 0 Å². The van der Waals surface area contributed by atoms with Gasteiger partial charge < -0.3 is 5.73 Å². The fourth-order valence-electron chi connectivity index (χ4n) is 3.35. The minimum Gasteiger partial charge on any atom is -0.325 e. The second-order valence-corrected chi connectivity index (χ2v) is 5.90. The average molecular weight is 195 g/mol. The van der Waals surface area contributed by atoms with E-state index >= 15 is 0 Å². The van der Waals surface area contributed by atoms with Crippen LogP contribution < -0.4 is 5.73 Å². The zero-order valence-corrected chi connectivity index (χ0v) is 9.76. The fraction of sp³-hybridized carbons (Fsp3) is 1.00.